The van der Waals surface area contributed by atoms with Crippen LogP contribution >= 0.6 is 0 Å². The molecule has 0 atom stereocenters. The van der Waals surface area contributed by atoms with Gasteiger partial charge in [-0.15, -0.1) is 0 Å². The Kier molecular flexibility index (Phi) is 5.47. The zero-order chi connectivity index (χ0) is 20.8. The fourth-order valence-corrected chi connectivity index (χ4v) is 2.63. The summed E-state index contributed by atoms with van der Waals surface area (Å²) in [6, 6.07) is 18.9. The molecule has 146 valence electrons. The first-order chi connectivity index (χ1) is 14.7. The number of nitrogens with one attached hydrogen (secondary N) is 2. The van der Waals surface area contributed by atoms with E-state index in [1.807, 2.05) is 60.7 Å². The normalized spacial score (nSPS) is 10.3. The van der Waals surface area contributed by atoms with E-state index >= 15 is 0 Å². The molecule has 0 bridgehead atoms. The summed E-state index contributed by atoms with van der Waals surface area (Å²) in [5.41, 5.74) is 2.33. The standard InChI is InChI=1S/C22H16N6O2/c29-21(27-17-11-23-19(24-12-17)15-7-3-1-4-8-15)22(30)28-18-13-25-20(26-14-18)16-9-5-2-6-10-16/h1-14H,(H,27,29)(H,28,30). The second-order valence-electron chi connectivity index (χ2n) is 6.23. The summed E-state index contributed by atoms with van der Waals surface area (Å²) in [6.45, 7) is 0. The Labute approximate surface area is 172 Å². The minimum Gasteiger partial charge on any atom is -0.315 e. The first-order valence-corrected chi connectivity index (χ1v) is 9.06. The zero-order valence-corrected chi connectivity index (χ0v) is 15.7. The van der Waals surface area contributed by atoms with E-state index in [0.29, 0.717) is 23.0 Å². The number of anilines is 2. The van der Waals surface area contributed by atoms with Gasteiger partial charge >= 0.3 is 11.8 Å². The lowest BCUT2D eigenvalue weighted by atomic mass is 10.2. The highest BCUT2D eigenvalue weighted by atomic mass is 16.2. The maximum atomic E-state index is 12.1. The number of hydrogen-bond acceptors (Lipinski definition) is 6. The van der Waals surface area contributed by atoms with Crippen LogP contribution in [0, 0.1) is 0 Å². The van der Waals surface area contributed by atoms with Crippen LogP contribution in [0.4, 0.5) is 11.4 Å². The average Bonchev–Trinajstić information content (AvgIpc) is 2.81. The maximum Gasteiger partial charge on any atom is 0.314 e. The number of carbonyl (C=O) groups is 2. The minimum absolute atomic E-state index is 0.311. The fourth-order valence-electron chi connectivity index (χ4n) is 2.63. The molecule has 4 aromatic rings. The molecule has 0 aliphatic heterocycles. The Morgan fingerprint density at radius 2 is 0.867 bits per heavy atom. The van der Waals surface area contributed by atoms with E-state index in [1.165, 1.54) is 24.8 Å². The molecule has 2 aromatic carbocycles. The molecule has 8 nitrogen and oxygen atoms in total. The van der Waals surface area contributed by atoms with Gasteiger partial charge < -0.3 is 10.6 Å². The first-order valence-electron chi connectivity index (χ1n) is 9.06. The van der Waals surface area contributed by atoms with Gasteiger partial charge in [-0.2, -0.15) is 0 Å². The summed E-state index contributed by atoms with van der Waals surface area (Å²) in [4.78, 5) is 41.1. The number of aromatic nitrogens is 4. The van der Waals surface area contributed by atoms with Crippen molar-refractivity contribution in [1.29, 1.82) is 0 Å². The molecule has 2 N–H and O–H groups in total. The van der Waals surface area contributed by atoms with E-state index in [4.69, 9.17) is 0 Å². The summed E-state index contributed by atoms with van der Waals surface area (Å²) >= 11 is 0. The third-order valence-electron chi connectivity index (χ3n) is 4.09. The number of carbonyl (C=O) groups excluding carboxylic acids is 2. The van der Waals surface area contributed by atoms with Crippen molar-refractivity contribution in [2.24, 2.45) is 0 Å². The summed E-state index contributed by atoms with van der Waals surface area (Å²) in [7, 11) is 0. The molecule has 0 fully saturated rings. The van der Waals surface area contributed by atoms with Crippen LogP contribution < -0.4 is 10.6 Å². The lowest BCUT2D eigenvalue weighted by Crippen LogP contribution is -2.29. The number of nitrogens with zero attached hydrogens (tertiary/aromatic N) is 4. The van der Waals surface area contributed by atoms with Crippen molar-refractivity contribution in [3.05, 3.63) is 85.5 Å². The van der Waals surface area contributed by atoms with E-state index in [1.54, 1.807) is 0 Å². The lowest BCUT2D eigenvalue weighted by Gasteiger charge is -2.07. The molecule has 30 heavy (non-hydrogen) atoms. The van der Waals surface area contributed by atoms with Crippen molar-refractivity contribution < 1.29 is 9.59 Å². The summed E-state index contributed by atoms with van der Waals surface area (Å²) < 4.78 is 0. The van der Waals surface area contributed by atoms with E-state index < -0.39 is 11.8 Å². The van der Waals surface area contributed by atoms with E-state index in [-0.39, 0.29) is 0 Å². The van der Waals surface area contributed by atoms with Gasteiger partial charge in [-0.3, -0.25) is 9.59 Å². The van der Waals surface area contributed by atoms with Gasteiger partial charge in [-0.25, -0.2) is 19.9 Å². The van der Waals surface area contributed by atoms with E-state index in [0.717, 1.165) is 11.1 Å². The van der Waals surface area contributed by atoms with Crippen LogP contribution in [0.15, 0.2) is 85.5 Å². The van der Waals surface area contributed by atoms with Crippen LogP contribution in [0.5, 0.6) is 0 Å². The second kappa shape index (κ2) is 8.70. The first kappa shape index (κ1) is 18.9. The third kappa shape index (κ3) is 4.50. The smallest absolute Gasteiger partial charge is 0.314 e. The maximum absolute atomic E-state index is 12.1. The molecule has 2 amide bonds. The van der Waals surface area contributed by atoms with Gasteiger partial charge in [0.2, 0.25) is 0 Å². The Hall–Kier alpha value is -4.46. The Morgan fingerprint density at radius 3 is 1.20 bits per heavy atom. The van der Waals surface area contributed by atoms with Gasteiger partial charge in [0.1, 0.15) is 0 Å². The number of benzene rings is 2. The van der Waals surface area contributed by atoms with Crippen LogP contribution in [0.2, 0.25) is 0 Å². The van der Waals surface area contributed by atoms with Gasteiger partial charge in [0.05, 0.1) is 36.2 Å². The third-order valence-corrected chi connectivity index (χ3v) is 4.09. The second-order valence-corrected chi connectivity index (χ2v) is 6.23. The zero-order valence-electron chi connectivity index (χ0n) is 15.7. The van der Waals surface area contributed by atoms with Crippen LogP contribution in [0.1, 0.15) is 0 Å². The molecule has 0 aliphatic rings. The molecule has 2 heterocycles. The Morgan fingerprint density at radius 1 is 0.533 bits per heavy atom. The number of hydrogen-bond donors (Lipinski definition) is 2. The molecule has 4 rings (SSSR count). The largest absolute Gasteiger partial charge is 0.315 e. The molecule has 0 unspecified atom stereocenters. The van der Waals surface area contributed by atoms with Crippen LogP contribution in [-0.4, -0.2) is 31.8 Å². The minimum atomic E-state index is -0.849. The highest BCUT2D eigenvalue weighted by Crippen LogP contribution is 2.16. The Bertz CT molecular complexity index is 1050. The molecule has 2 aromatic heterocycles. The average molecular weight is 396 g/mol. The fraction of sp³-hybridized carbons (Fsp3) is 0. The summed E-state index contributed by atoms with van der Waals surface area (Å²) in [5, 5.41) is 4.92. The molecule has 0 saturated carbocycles. The quantitative estimate of drug-likeness (QED) is 0.513. The molecule has 8 heteroatoms. The Balaban J connectivity index is 1.36. The molecule has 0 saturated heterocycles. The molecule has 0 radical (unpaired) electrons. The van der Waals surface area contributed by atoms with Crippen molar-refractivity contribution in [2.45, 2.75) is 0 Å². The molecule has 0 spiro atoms. The highest BCUT2D eigenvalue weighted by molar-refractivity contribution is 6.43. The van der Waals surface area contributed by atoms with Crippen LogP contribution in [0.3, 0.4) is 0 Å². The molecular formula is C22H16N6O2. The molecular weight excluding hydrogens is 380 g/mol. The summed E-state index contributed by atoms with van der Waals surface area (Å²) in [5.74, 6) is -0.654. The topological polar surface area (TPSA) is 110 Å². The van der Waals surface area contributed by atoms with Crippen molar-refractivity contribution in [3.63, 3.8) is 0 Å². The predicted molar refractivity (Wildman–Crippen MR) is 112 cm³/mol. The summed E-state index contributed by atoms with van der Waals surface area (Å²) in [6.07, 6.45) is 5.77. The van der Waals surface area contributed by atoms with Crippen molar-refractivity contribution in [1.82, 2.24) is 19.9 Å². The lowest BCUT2D eigenvalue weighted by molar-refractivity contribution is -0.133. The SMILES string of the molecule is O=C(Nc1cnc(-c2ccccc2)nc1)C(=O)Nc1cnc(-c2ccccc2)nc1. The molecule has 0 aliphatic carbocycles. The van der Waals surface area contributed by atoms with Gasteiger partial charge in [0.15, 0.2) is 11.6 Å². The monoisotopic (exact) mass is 396 g/mol. The van der Waals surface area contributed by atoms with Gasteiger partial charge in [-0.1, -0.05) is 60.7 Å². The van der Waals surface area contributed by atoms with E-state index in [9.17, 15) is 9.59 Å². The van der Waals surface area contributed by atoms with Gasteiger partial charge in [0.25, 0.3) is 0 Å². The van der Waals surface area contributed by atoms with Gasteiger partial charge in [0, 0.05) is 11.1 Å². The van der Waals surface area contributed by atoms with Crippen LogP contribution in [0.25, 0.3) is 22.8 Å². The highest BCUT2D eigenvalue weighted by Gasteiger charge is 2.15. The predicted octanol–water partition coefficient (Wildman–Crippen LogP) is 3.18. The van der Waals surface area contributed by atoms with Gasteiger partial charge in [-0.05, 0) is 0 Å². The van der Waals surface area contributed by atoms with Crippen LogP contribution in [-0.2, 0) is 9.59 Å². The van der Waals surface area contributed by atoms with E-state index in [2.05, 4.69) is 30.6 Å². The van der Waals surface area contributed by atoms with Crippen molar-refractivity contribution in [3.8, 4) is 22.8 Å². The number of rotatable bonds is 4. The van der Waals surface area contributed by atoms with Crippen molar-refractivity contribution in [2.75, 3.05) is 10.6 Å². The number of amides is 2. The van der Waals surface area contributed by atoms with Crippen molar-refractivity contribution >= 4 is 23.2 Å².